The van der Waals surface area contributed by atoms with Crippen LogP contribution in [0.2, 0.25) is 0 Å². The molecule has 7 heteroatoms. The molecule has 5 rings (SSSR count). The molecule has 1 spiro atoms. The van der Waals surface area contributed by atoms with Crippen LogP contribution in [0.1, 0.15) is 56.2 Å². The molecule has 2 aromatic carbocycles. The lowest BCUT2D eigenvalue weighted by Crippen LogP contribution is -2.52. The third kappa shape index (κ3) is 4.71. The lowest BCUT2D eigenvalue weighted by Gasteiger charge is -2.45. The van der Waals surface area contributed by atoms with E-state index in [1.165, 1.54) is 28.2 Å². The molecule has 2 saturated heterocycles. The topological polar surface area (TPSA) is 46.6 Å². The summed E-state index contributed by atoms with van der Waals surface area (Å²) in [5.74, 6) is 4.95. The molecule has 7 nitrogen and oxygen atoms in total. The molecule has 0 N–H and O–H groups in total. The first-order valence-corrected chi connectivity index (χ1v) is 14.0. The van der Waals surface area contributed by atoms with Crippen molar-refractivity contribution in [3.8, 4) is 23.0 Å². The van der Waals surface area contributed by atoms with Gasteiger partial charge in [0.15, 0.2) is 0 Å². The lowest BCUT2D eigenvalue weighted by molar-refractivity contribution is 0.0886. The van der Waals surface area contributed by atoms with Gasteiger partial charge in [-0.05, 0) is 62.1 Å². The summed E-state index contributed by atoms with van der Waals surface area (Å²) in [6.07, 6.45) is 6.94. The summed E-state index contributed by atoms with van der Waals surface area (Å²) in [6, 6.07) is 10.4. The summed E-state index contributed by atoms with van der Waals surface area (Å²) in [7, 11) is 6.89. The van der Waals surface area contributed by atoms with E-state index >= 15 is 0 Å². The smallest absolute Gasteiger partial charge is 0.126 e. The van der Waals surface area contributed by atoms with Crippen LogP contribution in [-0.2, 0) is 13.1 Å². The number of nitrogens with zero attached hydrogens (tertiary/aromatic N) is 3. The number of allylic oxidation sites excluding steroid dienone is 2. The van der Waals surface area contributed by atoms with Gasteiger partial charge in [-0.3, -0.25) is 4.90 Å². The number of likely N-dealkylation sites (tertiary alicyclic amines) is 1. The molecule has 0 radical (unpaired) electrons. The number of hydrogen-bond acceptors (Lipinski definition) is 7. The maximum atomic E-state index is 5.86. The number of hydrogen-bond donors (Lipinski definition) is 0. The molecule has 3 aliphatic rings. The van der Waals surface area contributed by atoms with Crippen molar-refractivity contribution in [1.29, 1.82) is 0 Å². The highest BCUT2D eigenvalue weighted by atomic mass is 16.5. The van der Waals surface area contributed by atoms with Crippen molar-refractivity contribution >= 4 is 0 Å². The molecular weight excluding hydrogens is 490 g/mol. The van der Waals surface area contributed by atoms with Gasteiger partial charge in [0.05, 0.1) is 34.0 Å². The number of benzene rings is 2. The average molecular weight is 534 g/mol. The standard InChI is InChI=1S/C32H43N3O4/c1-8-30-34-21-24-17-27(38-6)19-28(39-7)31(24)22(3)14-29(34)32(35(30)9-2)10-12-33(13-11-32)20-23-15-25(36-4)18-26(16-23)37-5/h8,14-19,22H,9-13,20-21H2,1-7H3/b30-8+/t22-/m0/s1. The quantitative estimate of drug-likeness (QED) is 0.449. The molecule has 0 bridgehead atoms. The molecule has 0 aromatic heterocycles. The zero-order valence-corrected chi connectivity index (χ0v) is 24.5. The minimum absolute atomic E-state index is 0.0210. The Hall–Kier alpha value is -3.32. The maximum Gasteiger partial charge on any atom is 0.126 e. The van der Waals surface area contributed by atoms with Crippen LogP contribution in [-0.4, -0.2) is 68.3 Å². The van der Waals surface area contributed by atoms with Crippen LogP contribution in [0, 0.1) is 0 Å². The molecule has 0 aliphatic carbocycles. The van der Waals surface area contributed by atoms with Gasteiger partial charge in [-0.2, -0.15) is 0 Å². The van der Waals surface area contributed by atoms with Crippen molar-refractivity contribution in [1.82, 2.24) is 14.7 Å². The fourth-order valence-corrected chi connectivity index (χ4v) is 6.97. The Bertz CT molecular complexity index is 1240. The number of ether oxygens (including phenoxy) is 4. The fraction of sp³-hybridized carbons (Fsp3) is 0.500. The Labute approximate surface area is 233 Å². The van der Waals surface area contributed by atoms with E-state index in [4.69, 9.17) is 18.9 Å². The fourth-order valence-electron chi connectivity index (χ4n) is 6.97. The third-order valence-corrected chi connectivity index (χ3v) is 8.76. The van der Waals surface area contributed by atoms with E-state index < -0.39 is 0 Å². The Morgan fingerprint density at radius 1 is 0.897 bits per heavy atom. The monoisotopic (exact) mass is 533 g/mol. The number of piperidine rings is 1. The number of fused-ring (bicyclic) bond motifs is 3. The highest BCUT2D eigenvalue weighted by Crippen LogP contribution is 2.51. The van der Waals surface area contributed by atoms with E-state index in [9.17, 15) is 0 Å². The Morgan fingerprint density at radius 2 is 1.54 bits per heavy atom. The number of rotatable bonds is 7. The van der Waals surface area contributed by atoms with Crippen LogP contribution in [0.3, 0.4) is 0 Å². The molecule has 1 atom stereocenters. The zero-order valence-electron chi connectivity index (χ0n) is 24.5. The average Bonchev–Trinajstić information content (AvgIpc) is 3.08. The van der Waals surface area contributed by atoms with Gasteiger partial charge in [-0.15, -0.1) is 0 Å². The van der Waals surface area contributed by atoms with Crippen LogP contribution in [0.4, 0.5) is 0 Å². The van der Waals surface area contributed by atoms with Gasteiger partial charge < -0.3 is 28.7 Å². The summed E-state index contributed by atoms with van der Waals surface area (Å²) < 4.78 is 22.5. The van der Waals surface area contributed by atoms with Gasteiger partial charge >= 0.3 is 0 Å². The summed E-state index contributed by atoms with van der Waals surface area (Å²) >= 11 is 0. The first-order chi connectivity index (χ1) is 18.9. The Morgan fingerprint density at radius 3 is 2.10 bits per heavy atom. The Balaban J connectivity index is 1.46. The van der Waals surface area contributed by atoms with Gasteiger partial charge in [-0.25, -0.2) is 0 Å². The second kappa shape index (κ2) is 11.0. The third-order valence-electron chi connectivity index (χ3n) is 8.76. The molecule has 0 amide bonds. The van der Waals surface area contributed by atoms with Gasteiger partial charge in [-0.1, -0.05) is 13.0 Å². The molecule has 3 heterocycles. The Kier molecular flexibility index (Phi) is 7.72. The van der Waals surface area contributed by atoms with Crippen LogP contribution >= 0.6 is 0 Å². The molecular formula is C32H43N3O4. The first-order valence-electron chi connectivity index (χ1n) is 14.0. The summed E-state index contributed by atoms with van der Waals surface area (Å²) in [5.41, 5.74) is 5.16. The van der Waals surface area contributed by atoms with Gasteiger partial charge in [0.25, 0.3) is 0 Å². The normalized spacial score (nSPS) is 21.4. The van der Waals surface area contributed by atoms with Crippen molar-refractivity contribution in [3.05, 3.63) is 70.7 Å². The van der Waals surface area contributed by atoms with Crippen LogP contribution in [0.5, 0.6) is 23.0 Å². The van der Waals surface area contributed by atoms with Crippen molar-refractivity contribution in [2.75, 3.05) is 48.1 Å². The first kappa shape index (κ1) is 27.3. The molecule has 3 aliphatic heterocycles. The highest BCUT2D eigenvalue weighted by molar-refractivity contribution is 5.53. The molecule has 2 aromatic rings. The largest absolute Gasteiger partial charge is 0.497 e. The van der Waals surface area contributed by atoms with Crippen molar-refractivity contribution in [2.45, 2.75) is 58.2 Å². The van der Waals surface area contributed by atoms with Crippen LogP contribution < -0.4 is 18.9 Å². The predicted molar refractivity (Wildman–Crippen MR) is 155 cm³/mol. The van der Waals surface area contributed by atoms with Crippen molar-refractivity contribution in [2.24, 2.45) is 0 Å². The molecule has 2 fully saturated rings. The van der Waals surface area contributed by atoms with E-state index in [-0.39, 0.29) is 11.5 Å². The van der Waals surface area contributed by atoms with Gasteiger partial charge in [0, 0.05) is 62.0 Å². The van der Waals surface area contributed by atoms with Crippen LogP contribution in [0.25, 0.3) is 0 Å². The van der Waals surface area contributed by atoms with E-state index in [1.807, 2.05) is 12.1 Å². The molecule has 0 saturated carbocycles. The number of likely N-dealkylation sites (N-methyl/N-ethyl adjacent to an activating group) is 1. The SMILES string of the molecule is C/C=C1\N2Cc3cc(OC)cc(OC)c3[C@@H](C)C=C2C2(CCN(Cc3cc(OC)cc(OC)c3)CC2)N1CC. The van der Waals surface area contributed by atoms with Crippen LogP contribution in [0.15, 0.2) is 54.0 Å². The second-order valence-electron chi connectivity index (χ2n) is 10.7. The van der Waals surface area contributed by atoms with Gasteiger partial charge in [0.1, 0.15) is 28.8 Å². The van der Waals surface area contributed by atoms with Crippen molar-refractivity contribution < 1.29 is 18.9 Å². The zero-order chi connectivity index (χ0) is 27.7. The maximum absolute atomic E-state index is 5.86. The minimum atomic E-state index is -0.0210. The highest BCUT2D eigenvalue weighted by Gasteiger charge is 2.52. The summed E-state index contributed by atoms with van der Waals surface area (Å²) in [5, 5.41) is 0. The predicted octanol–water partition coefficient (Wildman–Crippen LogP) is 5.76. The lowest BCUT2D eigenvalue weighted by atomic mass is 9.82. The molecule has 210 valence electrons. The van der Waals surface area contributed by atoms with E-state index in [2.05, 4.69) is 65.8 Å². The van der Waals surface area contributed by atoms with Crippen molar-refractivity contribution in [3.63, 3.8) is 0 Å². The van der Waals surface area contributed by atoms with E-state index in [0.29, 0.717) is 0 Å². The summed E-state index contributed by atoms with van der Waals surface area (Å²) in [6.45, 7) is 11.5. The van der Waals surface area contributed by atoms with Gasteiger partial charge in [0.2, 0.25) is 0 Å². The minimum Gasteiger partial charge on any atom is -0.497 e. The second-order valence-corrected chi connectivity index (χ2v) is 10.7. The van der Waals surface area contributed by atoms with E-state index in [0.717, 1.165) is 68.6 Å². The molecule has 0 unspecified atom stereocenters. The van der Waals surface area contributed by atoms with E-state index in [1.54, 1.807) is 28.4 Å². The summed E-state index contributed by atoms with van der Waals surface area (Å²) in [4.78, 5) is 7.77. The number of methoxy groups -OCH3 is 4. The molecule has 39 heavy (non-hydrogen) atoms.